The molecule has 92 valence electrons. The molecule has 0 bridgehead atoms. The van der Waals surface area contributed by atoms with Crippen LogP contribution >= 0.6 is 0 Å². The van der Waals surface area contributed by atoms with Gasteiger partial charge in [0.1, 0.15) is 0 Å². The number of hydrogen-bond acceptors (Lipinski definition) is 4. The highest BCUT2D eigenvalue weighted by Gasteiger charge is 2.20. The average Bonchev–Trinajstić information content (AvgIpc) is 2.33. The Morgan fingerprint density at radius 2 is 1.76 bits per heavy atom. The highest BCUT2D eigenvalue weighted by atomic mass is 16.5. The second-order valence-electron chi connectivity index (χ2n) is 3.31. The normalized spacial score (nSPS) is 9.53. The molecule has 0 saturated heterocycles. The Labute approximate surface area is 101 Å². The molecule has 0 aliphatic rings. The van der Waals surface area contributed by atoms with Gasteiger partial charge in [-0.15, -0.1) is 0 Å². The number of hydrogen-bond donors (Lipinski definition) is 1. The van der Waals surface area contributed by atoms with E-state index in [-0.39, 0.29) is 0 Å². The van der Waals surface area contributed by atoms with Crippen LogP contribution in [0.5, 0.6) is 11.5 Å². The second-order valence-corrected chi connectivity index (χ2v) is 3.31. The number of rotatable bonds is 6. The molecule has 0 spiro atoms. The molecule has 0 amide bonds. The van der Waals surface area contributed by atoms with Crippen LogP contribution < -0.4 is 14.8 Å². The van der Waals surface area contributed by atoms with Gasteiger partial charge in [0.2, 0.25) is 11.1 Å². The largest absolute Gasteiger partial charge is 0.491 e. The number of nitrogens with zero attached hydrogens (tertiary/aromatic N) is 2. The van der Waals surface area contributed by atoms with E-state index in [4.69, 9.17) is 14.9 Å². The number of anilines is 1. The van der Waals surface area contributed by atoms with Crippen LogP contribution in [-0.2, 0) is 0 Å². The molecular weight excluding hydrogens is 218 g/mol. The van der Waals surface area contributed by atoms with Gasteiger partial charge in [-0.2, -0.15) is 0 Å². The predicted molar refractivity (Wildman–Crippen MR) is 67.7 cm³/mol. The van der Waals surface area contributed by atoms with Gasteiger partial charge in [0.15, 0.2) is 10.7 Å². The SMILES string of the molecule is CCNc1cc(OCC)c([N+]#N)cc1OCC. The topological polar surface area (TPSA) is 58.6 Å². The van der Waals surface area contributed by atoms with E-state index < -0.39 is 0 Å². The van der Waals surface area contributed by atoms with Crippen LogP contribution in [0.15, 0.2) is 12.1 Å². The number of ether oxygens (including phenoxy) is 2. The van der Waals surface area contributed by atoms with Gasteiger partial charge in [0.25, 0.3) is 0 Å². The molecule has 1 aromatic rings. The fourth-order valence-corrected chi connectivity index (χ4v) is 1.50. The fraction of sp³-hybridized carbons (Fsp3) is 0.500. The zero-order chi connectivity index (χ0) is 12.7. The van der Waals surface area contributed by atoms with Gasteiger partial charge in [-0.25, -0.2) is 0 Å². The summed E-state index contributed by atoms with van der Waals surface area (Å²) >= 11 is 0. The molecule has 0 unspecified atom stereocenters. The van der Waals surface area contributed by atoms with Crippen molar-refractivity contribution in [1.82, 2.24) is 0 Å². The van der Waals surface area contributed by atoms with Crippen LogP contribution in [0.4, 0.5) is 11.4 Å². The minimum absolute atomic E-state index is 0.372. The molecule has 1 aromatic carbocycles. The molecule has 0 fully saturated rings. The Bertz CT molecular complexity index is 413. The van der Waals surface area contributed by atoms with Crippen molar-refractivity contribution in [2.45, 2.75) is 20.8 Å². The summed E-state index contributed by atoms with van der Waals surface area (Å²) in [5.74, 6) is 1.19. The molecule has 5 heteroatoms. The summed E-state index contributed by atoms with van der Waals surface area (Å²) < 4.78 is 10.9. The molecule has 0 aliphatic heterocycles. The number of nitrogens with one attached hydrogen (secondary N) is 1. The number of diazo groups is 1. The molecule has 0 aromatic heterocycles. The summed E-state index contributed by atoms with van der Waals surface area (Å²) in [6, 6.07) is 3.44. The lowest BCUT2D eigenvalue weighted by atomic mass is 10.2. The zero-order valence-electron chi connectivity index (χ0n) is 10.5. The summed E-state index contributed by atoms with van der Waals surface area (Å²) in [5, 5.41) is 12.1. The van der Waals surface area contributed by atoms with Gasteiger partial charge in [-0.3, -0.25) is 0 Å². The fourth-order valence-electron chi connectivity index (χ4n) is 1.50. The van der Waals surface area contributed by atoms with E-state index in [9.17, 15) is 0 Å². The Kier molecular flexibility index (Phi) is 5.08. The van der Waals surface area contributed by atoms with E-state index in [2.05, 4.69) is 10.3 Å². The third-order valence-electron chi connectivity index (χ3n) is 2.14. The van der Waals surface area contributed by atoms with Crippen molar-refractivity contribution in [2.24, 2.45) is 0 Å². The van der Waals surface area contributed by atoms with Gasteiger partial charge in [0, 0.05) is 12.6 Å². The highest BCUT2D eigenvalue weighted by molar-refractivity contribution is 5.71. The molecule has 1 N–H and O–H groups in total. The molecule has 0 radical (unpaired) electrons. The van der Waals surface area contributed by atoms with Crippen LogP contribution in [0.1, 0.15) is 20.8 Å². The van der Waals surface area contributed by atoms with Crippen molar-refractivity contribution >= 4 is 11.4 Å². The zero-order valence-corrected chi connectivity index (χ0v) is 10.5. The predicted octanol–water partition coefficient (Wildman–Crippen LogP) is 3.40. The minimum Gasteiger partial charge on any atom is -0.491 e. The maximum atomic E-state index is 8.93. The molecule has 0 heterocycles. The minimum atomic E-state index is 0.372. The van der Waals surface area contributed by atoms with E-state index in [0.717, 1.165) is 12.2 Å². The number of benzene rings is 1. The third kappa shape index (κ3) is 3.25. The van der Waals surface area contributed by atoms with Crippen molar-refractivity contribution in [3.05, 3.63) is 17.1 Å². The van der Waals surface area contributed by atoms with Crippen molar-refractivity contribution in [3.63, 3.8) is 0 Å². The lowest BCUT2D eigenvalue weighted by molar-refractivity contribution is 0.333. The van der Waals surface area contributed by atoms with Crippen molar-refractivity contribution < 1.29 is 9.47 Å². The molecule has 5 nitrogen and oxygen atoms in total. The Morgan fingerprint density at radius 3 is 2.29 bits per heavy atom. The van der Waals surface area contributed by atoms with Crippen molar-refractivity contribution in [1.29, 1.82) is 5.39 Å². The standard InChI is InChI=1S/C12H18N3O2/c1-4-14-9-7-12(17-6-3)10(15-13)8-11(9)16-5-2/h7-8,14H,4-6H2,1-3H3/q+1. The van der Waals surface area contributed by atoms with Crippen LogP contribution in [0.3, 0.4) is 0 Å². The van der Waals surface area contributed by atoms with Crippen molar-refractivity contribution in [2.75, 3.05) is 25.1 Å². The Morgan fingerprint density at radius 1 is 1.12 bits per heavy atom. The second kappa shape index (κ2) is 6.59. The monoisotopic (exact) mass is 236 g/mol. The summed E-state index contributed by atoms with van der Waals surface area (Å²) in [6.45, 7) is 7.63. The first-order valence-electron chi connectivity index (χ1n) is 5.79. The van der Waals surface area contributed by atoms with E-state index >= 15 is 0 Å². The van der Waals surface area contributed by atoms with E-state index in [1.807, 2.05) is 20.8 Å². The maximum absolute atomic E-state index is 8.93. The average molecular weight is 236 g/mol. The molecule has 0 aliphatic carbocycles. The summed E-state index contributed by atoms with van der Waals surface area (Å²) in [7, 11) is 0. The van der Waals surface area contributed by atoms with Crippen molar-refractivity contribution in [3.8, 4) is 11.5 Å². The molecule has 0 saturated carbocycles. The molecule has 0 atom stereocenters. The summed E-state index contributed by atoms with van der Waals surface area (Å²) in [6.07, 6.45) is 0. The highest BCUT2D eigenvalue weighted by Crippen LogP contribution is 2.38. The first-order chi connectivity index (χ1) is 8.26. The van der Waals surface area contributed by atoms with Gasteiger partial charge in [-0.05, 0) is 20.8 Å². The lowest BCUT2D eigenvalue weighted by Gasteiger charge is -2.11. The third-order valence-corrected chi connectivity index (χ3v) is 2.14. The van der Waals surface area contributed by atoms with E-state index in [1.54, 1.807) is 12.1 Å². The van der Waals surface area contributed by atoms with Crippen LogP contribution in [0, 0.1) is 5.39 Å². The first kappa shape index (κ1) is 13.1. The quantitative estimate of drug-likeness (QED) is 0.769. The summed E-state index contributed by atoms with van der Waals surface area (Å²) in [4.78, 5) is 3.20. The maximum Gasteiger partial charge on any atom is 0.430 e. The van der Waals surface area contributed by atoms with Gasteiger partial charge < -0.3 is 14.8 Å². The molecule has 17 heavy (non-hydrogen) atoms. The van der Waals surface area contributed by atoms with Gasteiger partial charge in [0.05, 0.1) is 25.0 Å². The summed E-state index contributed by atoms with van der Waals surface area (Å²) in [5.41, 5.74) is 1.21. The van der Waals surface area contributed by atoms with Crippen LogP contribution in [-0.4, -0.2) is 19.8 Å². The van der Waals surface area contributed by atoms with Crippen LogP contribution in [0.2, 0.25) is 0 Å². The molecule has 1 rings (SSSR count). The van der Waals surface area contributed by atoms with E-state index in [0.29, 0.717) is 30.4 Å². The van der Waals surface area contributed by atoms with Gasteiger partial charge >= 0.3 is 5.69 Å². The Hall–Kier alpha value is -1.96. The lowest BCUT2D eigenvalue weighted by Crippen LogP contribution is -2.02. The first-order valence-corrected chi connectivity index (χ1v) is 5.79. The Balaban J connectivity index is 3.17. The van der Waals surface area contributed by atoms with Gasteiger partial charge in [-0.1, -0.05) is 0 Å². The smallest absolute Gasteiger partial charge is 0.430 e. The molecular formula is C12H18N3O2+. The van der Waals surface area contributed by atoms with E-state index in [1.165, 1.54) is 0 Å². The van der Waals surface area contributed by atoms with Crippen LogP contribution in [0.25, 0.3) is 4.98 Å².